The molecule has 1 saturated heterocycles. The van der Waals surface area contributed by atoms with Crippen LogP contribution in [0.15, 0.2) is 12.7 Å². The molecule has 1 atom stereocenters. The van der Waals surface area contributed by atoms with Gasteiger partial charge in [-0.15, -0.1) is 6.58 Å². The van der Waals surface area contributed by atoms with E-state index in [4.69, 9.17) is 5.11 Å². The average molecular weight is 184 g/mol. The van der Waals surface area contributed by atoms with Gasteiger partial charge in [-0.2, -0.15) is 0 Å². The lowest BCUT2D eigenvalue weighted by Gasteiger charge is -2.31. The van der Waals surface area contributed by atoms with Crippen molar-refractivity contribution in [1.29, 1.82) is 0 Å². The first kappa shape index (κ1) is 10.2. The van der Waals surface area contributed by atoms with Gasteiger partial charge in [-0.3, -0.25) is 9.69 Å². The molecule has 0 amide bonds. The quantitative estimate of drug-likeness (QED) is 0.600. The van der Waals surface area contributed by atoms with Crippen LogP contribution >= 0.6 is 0 Å². The summed E-state index contributed by atoms with van der Waals surface area (Å²) in [6.45, 7) is 6.94. The summed E-state index contributed by atoms with van der Waals surface area (Å²) in [5, 5.41) is 12.1. The zero-order chi connectivity index (χ0) is 9.68. The van der Waals surface area contributed by atoms with Crippen LogP contribution in [0.3, 0.4) is 0 Å². The molecule has 4 heteroatoms. The lowest BCUT2D eigenvalue weighted by molar-refractivity contribution is -0.143. The number of hydrogen-bond donors (Lipinski definition) is 2. The van der Waals surface area contributed by atoms with Gasteiger partial charge in [0.05, 0.1) is 0 Å². The minimum atomic E-state index is -0.748. The summed E-state index contributed by atoms with van der Waals surface area (Å²) < 4.78 is 0. The molecule has 0 radical (unpaired) electrons. The van der Waals surface area contributed by atoms with Crippen molar-refractivity contribution < 1.29 is 9.90 Å². The number of carboxylic acids is 1. The van der Waals surface area contributed by atoms with E-state index < -0.39 is 5.97 Å². The van der Waals surface area contributed by atoms with Crippen LogP contribution in [-0.2, 0) is 4.79 Å². The van der Waals surface area contributed by atoms with E-state index in [2.05, 4.69) is 11.9 Å². The fourth-order valence-corrected chi connectivity index (χ4v) is 1.56. The van der Waals surface area contributed by atoms with Gasteiger partial charge in [-0.05, 0) is 6.42 Å². The molecule has 0 bridgehead atoms. The number of nitrogens with zero attached hydrogens (tertiary/aromatic N) is 1. The standard InChI is InChI=1S/C9H16N2O2/c1-2-3-8(9(12)13)11-6-4-10-5-7-11/h2,8,10H,1,3-7H2,(H,12,13). The topological polar surface area (TPSA) is 52.6 Å². The third kappa shape index (κ3) is 2.82. The third-order valence-corrected chi connectivity index (χ3v) is 2.27. The third-order valence-electron chi connectivity index (χ3n) is 2.27. The van der Waals surface area contributed by atoms with Gasteiger partial charge < -0.3 is 10.4 Å². The Morgan fingerprint density at radius 2 is 2.23 bits per heavy atom. The molecule has 1 fully saturated rings. The van der Waals surface area contributed by atoms with Crippen LogP contribution in [0.5, 0.6) is 0 Å². The van der Waals surface area contributed by atoms with Crippen molar-refractivity contribution >= 4 is 5.97 Å². The van der Waals surface area contributed by atoms with Gasteiger partial charge in [0.15, 0.2) is 0 Å². The van der Waals surface area contributed by atoms with Gasteiger partial charge in [-0.25, -0.2) is 0 Å². The van der Waals surface area contributed by atoms with Crippen molar-refractivity contribution in [3.8, 4) is 0 Å². The number of carboxylic acid groups (broad SMARTS) is 1. The molecule has 4 nitrogen and oxygen atoms in total. The first-order valence-corrected chi connectivity index (χ1v) is 4.54. The van der Waals surface area contributed by atoms with Crippen molar-refractivity contribution in [3.63, 3.8) is 0 Å². The second kappa shape index (κ2) is 4.99. The van der Waals surface area contributed by atoms with Crippen LogP contribution in [0.1, 0.15) is 6.42 Å². The molecule has 2 N–H and O–H groups in total. The molecule has 0 saturated carbocycles. The van der Waals surface area contributed by atoms with Gasteiger partial charge >= 0.3 is 5.97 Å². The smallest absolute Gasteiger partial charge is 0.321 e. The van der Waals surface area contributed by atoms with E-state index in [-0.39, 0.29) is 6.04 Å². The van der Waals surface area contributed by atoms with E-state index in [0.717, 1.165) is 26.2 Å². The van der Waals surface area contributed by atoms with E-state index in [1.54, 1.807) is 6.08 Å². The number of aliphatic carboxylic acids is 1. The van der Waals surface area contributed by atoms with Gasteiger partial charge in [0, 0.05) is 26.2 Å². The predicted molar refractivity (Wildman–Crippen MR) is 50.7 cm³/mol. The molecular weight excluding hydrogens is 168 g/mol. The molecule has 0 aliphatic carbocycles. The number of carbonyl (C=O) groups is 1. The first-order chi connectivity index (χ1) is 6.25. The fraction of sp³-hybridized carbons (Fsp3) is 0.667. The summed E-state index contributed by atoms with van der Waals surface area (Å²) in [5.74, 6) is -0.748. The van der Waals surface area contributed by atoms with Crippen LogP contribution < -0.4 is 5.32 Å². The number of piperazine rings is 1. The summed E-state index contributed by atoms with van der Waals surface area (Å²) in [6, 6.07) is -0.389. The van der Waals surface area contributed by atoms with Crippen LogP contribution in [0.2, 0.25) is 0 Å². The van der Waals surface area contributed by atoms with Crippen molar-refractivity contribution in [2.75, 3.05) is 26.2 Å². The molecule has 0 aromatic rings. The van der Waals surface area contributed by atoms with Crippen molar-refractivity contribution in [3.05, 3.63) is 12.7 Å². The molecule has 74 valence electrons. The Kier molecular flexibility index (Phi) is 3.92. The fourth-order valence-electron chi connectivity index (χ4n) is 1.56. The largest absolute Gasteiger partial charge is 0.480 e. The Balaban J connectivity index is 2.51. The lowest BCUT2D eigenvalue weighted by atomic mass is 10.1. The Bertz CT molecular complexity index is 188. The van der Waals surface area contributed by atoms with Crippen LogP contribution in [0, 0.1) is 0 Å². The highest BCUT2D eigenvalue weighted by Crippen LogP contribution is 2.06. The molecule has 13 heavy (non-hydrogen) atoms. The number of rotatable bonds is 4. The van der Waals surface area contributed by atoms with E-state index in [0.29, 0.717) is 6.42 Å². The Morgan fingerprint density at radius 1 is 1.62 bits per heavy atom. The van der Waals surface area contributed by atoms with E-state index in [9.17, 15) is 4.79 Å². The molecular formula is C9H16N2O2. The molecule has 1 aliphatic rings. The summed E-state index contributed by atoms with van der Waals surface area (Å²) in [6.07, 6.45) is 2.19. The first-order valence-electron chi connectivity index (χ1n) is 4.54. The predicted octanol–water partition coefficient (Wildman–Crippen LogP) is -0.0791. The maximum atomic E-state index is 10.9. The Hall–Kier alpha value is -0.870. The van der Waals surface area contributed by atoms with E-state index in [1.807, 2.05) is 4.90 Å². The molecule has 0 aromatic carbocycles. The molecule has 1 rings (SSSR count). The summed E-state index contributed by atoms with van der Waals surface area (Å²) in [7, 11) is 0. The summed E-state index contributed by atoms with van der Waals surface area (Å²) in [4.78, 5) is 12.9. The Morgan fingerprint density at radius 3 is 2.69 bits per heavy atom. The van der Waals surface area contributed by atoms with Gasteiger partial charge in [0.1, 0.15) is 6.04 Å². The zero-order valence-electron chi connectivity index (χ0n) is 7.70. The summed E-state index contributed by atoms with van der Waals surface area (Å²) in [5.41, 5.74) is 0. The van der Waals surface area contributed by atoms with Crippen molar-refractivity contribution in [1.82, 2.24) is 10.2 Å². The molecule has 1 heterocycles. The monoisotopic (exact) mass is 184 g/mol. The maximum Gasteiger partial charge on any atom is 0.321 e. The normalized spacial score (nSPS) is 20.9. The molecule has 1 aliphatic heterocycles. The van der Waals surface area contributed by atoms with Crippen LogP contribution in [0.25, 0.3) is 0 Å². The van der Waals surface area contributed by atoms with Crippen LogP contribution in [-0.4, -0.2) is 48.2 Å². The van der Waals surface area contributed by atoms with Crippen molar-refractivity contribution in [2.45, 2.75) is 12.5 Å². The average Bonchev–Trinajstić information content (AvgIpc) is 2.15. The molecule has 1 unspecified atom stereocenters. The van der Waals surface area contributed by atoms with Crippen LogP contribution in [0.4, 0.5) is 0 Å². The van der Waals surface area contributed by atoms with E-state index in [1.165, 1.54) is 0 Å². The highest BCUT2D eigenvalue weighted by molar-refractivity contribution is 5.73. The number of hydrogen-bond acceptors (Lipinski definition) is 3. The van der Waals surface area contributed by atoms with E-state index >= 15 is 0 Å². The van der Waals surface area contributed by atoms with Gasteiger partial charge in [0.25, 0.3) is 0 Å². The van der Waals surface area contributed by atoms with Gasteiger partial charge in [0.2, 0.25) is 0 Å². The highest BCUT2D eigenvalue weighted by atomic mass is 16.4. The minimum absolute atomic E-state index is 0.389. The van der Waals surface area contributed by atoms with Crippen molar-refractivity contribution in [2.24, 2.45) is 0 Å². The second-order valence-corrected chi connectivity index (χ2v) is 3.16. The number of nitrogens with one attached hydrogen (secondary N) is 1. The Labute approximate surface area is 78.2 Å². The minimum Gasteiger partial charge on any atom is -0.480 e. The lowest BCUT2D eigenvalue weighted by Crippen LogP contribution is -2.51. The summed E-state index contributed by atoms with van der Waals surface area (Å²) >= 11 is 0. The zero-order valence-corrected chi connectivity index (χ0v) is 7.70. The highest BCUT2D eigenvalue weighted by Gasteiger charge is 2.24. The molecule has 0 spiro atoms. The second-order valence-electron chi connectivity index (χ2n) is 3.16. The van der Waals surface area contributed by atoms with Gasteiger partial charge in [-0.1, -0.05) is 6.08 Å². The SMILES string of the molecule is C=CCC(C(=O)O)N1CCNCC1. The molecule has 0 aromatic heterocycles. The maximum absolute atomic E-state index is 10.9.